The van der Waals surface area contributed by atoms with Gasteiger partial charge in [0.05, 0.1) is 41.1 Å². The predicted octanol–water partition coefficient (Wildman–Crippen LogP) is 4.86. The van der Waals surface area contributed by atoms with Crippen LogP contribution in [0.15, 0.2) is 93.9 Å². The summed E-state index contributed by atoms with van der Waals surface area (Å²) in [5.74, 6) is -0.272. The van der Waals surface area contributed by atoms with Gasteiger partial charge in [-0.2, -0.15) is 0 Å². The first-order chi connectivity index (χ1) is 21.3. The van der Waals surface area contributed by atoms with E-state index in [1.807, 2.05) is 43.3 Å². The lowest BCUT2D eigenvalue weighted by Gasteiger charge is -2.26. The summed E-state index contributed by atoms with van der Waals surface area (Å²) in [5.41, 5.74) is 3.15. The maximum absolute atomic E-state index is 14.0. The molecule has 5 rings (SSSR count). The third-order valence-electron chi connectivity index (χ3n) is 7.06. The summed E-state index contributed by atoms with van der Waals surface area (Å²) in [6, 6.07) is 20.5. The second-order valence-electron chi connectivity index (χ2n) is 10.1. The number of allylic oxidation sites excluding steroid dienone is 1. The molecule has 0 bridgehead atoms. The minimum atomic E-state index is -0.991. The molecule has 1 N–H and O–H groups in total. The van der Waals surface area contributed by atoms with Crippen LogP contribution in [0.4, 0.5) is 0 Å². The van der Waals surface area contributed by atoms with Gasteiger partial charge in [-0.25, -0.2) is 14.6 Å². The number of esters is 1. The Labute approximate surface area is 258 Å². The van der Waals surface area contributed by atoms with Crippen molar-refractivity contribution in [1.29, 1.82) is 0 Å². The van der Waals surface area contributed by atoms with Gasteiger partial charge in [-0.3, -0.25) is 9.36 Å². The number of aromatic nitrogens is 1. The zero-order valence-corrected chi connectivity index (χ0v) is 25.4. The quantitative estimate of drug-likeness (QED) is 0.241. The number of carbonyl (C=O) groups excluding carboxylic acids is 1. The summed E-state index contributed by atoms with van der Waals surface area (Å²) in [6.45, 7) is 4.18. The smallest absolute Gasteiger partial charge is 0.338 e. The molecule has 1 atom stereocenters. The third kappa shape index (κ3) is 6.50. The van der Waals surface area contributed by atoms with Crippen molar-refractivity contribution in [1.82, 2.24) is 4.57 Å². The zero-order chi connectivity index (χ0) is 31.2. The molecule has 1 aromatic heterocycles. The molecule has 226 valence electrons. The lowest BCUT2D eigenvalue weighted by Crippen LogP contribution is -2.40. The van der Waals surface area contributed by atoms with Crippen LogP contribution in [-0.4, -0.2) is 35.3 Å². The molecule has 4 aromatic rings. The number of benzene rings is 3. The number of fused-ring (bicyclic) bond motifs is 1. The van der Waals surface area contributed by atoms with Crippen LogP contribution in [-0.2, 0) is 16.1 Å². The number of carbonyl (C=O) groups is 2. The number of thiazole rings is 1. The van der Waals surface area contributed by atoms with Gasteiger partial charge in [-0.05, 0) is 72.5 Å². The molecule has 0 spiro atoms. The number of hydrogen-bond acceptors (Lipinski definition) is 8. The first-order valence-corrected chi connectivity index (χ1v) is 15.1. The average molecular weight is 613 g/mol. The van der Waals surface area contributed by atoms with Crippen LogP contribution in [0.5, 0.6) is 11.5 Å². The van der Waals surface area contributed by atoms with E-state index in [-0.39, 0.29) is 24.3 Å². The van der Waals surface area contributed by atoms with Crippen LogP contribution in [0.3, 0.4) is 0 Å². The van der Waals surface area contributed by atoms with E-state index >= 15 is 0 Å². The molecule has 2 heterocycles. The van der Waals surface area contributed by atoms with Crippen molar-refractivity contribution in [2.75, 3.05) is 13.7 Å². The molecule has 44 heavy (non-hydrogen) atoms. The molecule has 1 aliphatic heterocycles. The summed E-state index contributed by atoms with van der Waals surface area (Å²) in [5, 5.41) is 9.21. The van der Waals surface area contributed by atoms with Crippen molar-refractivity contribution in [2.45, 2.75) is 39.3 Å². The molecule has 0 aliphatic carbocycles. The fourth-order valence-electron chi connectivity index (χ4n) is 5.02. The van der Waals surface area contributed by atoms with Crippen molar-refractivity contribution in [3.63, 3.8) is 0 Å². The Kier molecular flexibility index (Phi) is 9.40. The molecular weight excluding hydrogens is 580 g/mol. The van der Waals surface area contributed by atoms with Crippen LogP contribution in [0.1, 0.15) is 59.8 Å². The van der Waals surface area contributed by atoms with E-state index in [0.29, 0.717) is 38.5 Å². The van der Waals surface area contributed by atoms with Gasteiger partial charge in [0.2, 0.25) is 0 Å². The maximum atomic E-state index is 14.0. The monoisotopic (exact) mass is 612 g/mol. The second kappa shape index (κ2) is 13.6. The SMILES string of the molecule is CCCC1=C(C(=O)OCC)[C@H](c2cccc(OC)c2)n2c(s/c(=C\c3ccc(OCc4cccc(C(=O)O)c4)cc3)c2=O)=N1. The highest BCUT2D eigenvalue weighted by atomic mass is 32.1. The van der Waals surface area contributed by atoms with Gasteiger partial charge in [0.1, 0.15) is 18.1 Å². The minimum absolute atomic E-state index is 0.200. The zero-order valence-electron chi connectivity index (χ0n) is 24.6. The molecule has 0 radical (unpaired) electrons. The highest BCUT2D eigenvalue weighted by Crippen LogP contribution is 2.34. The first kappa shape index (κ1) is 30.5. The number of carboxylic acids is 1. The topological polar surface area (TPSA) is 116 Å². The highest BCUT2D eigenvalue weighted by Gasteiger charge is 2.34. The first-order valence-electron chi connectivity index (χ1n) is 14.2. The van der Waals surface area contributed by atoms with Crippen LogP contribution in [0.2, 0.25) is 0 Å². The fraction of sp³-hybridized carbons (Fsp3) is 0.235. The molecule has 9 nitrogen and oxygen atoms in total. The molecule has 10 heteroatoms. The Hall–Kier alpha value is -4.96. The average Bonchev–Trinajstić information content (AvgIpc) is 3.34. The summed E-state index contributed by atoms with van der Waals surface area (Å²) < 4.78 is 18.8. The number of rotatable bonds is 11. The van der Waals surface area contributed by atoms with Gasteiger partial charge in [-0.15, -0.1) is 0 Å². The van der Waals surface area contributed by atoms with Gasteiger partial charge >= 0.3 is 11.9 Å². The van der Waals surface area contributed by atoms with Crippen molar-refractivity contribution >= 4 is 29.4 Å². The van der Waals surface area contributed by atoms with E-state index < -0.39 is 18.0 Å². The van der Waals surface area contributed by atoms with E-state index in [0.717, 1.165) is 23.1 Å². The molecule has 3 aromatic carbocycles. The highest BCUT2D eigenvalue weighted by molar-refractivity contribution is 7.07. The van der Waals surface area contributed by atoms with Crippen molar-refractivity contribution < 1.29 is 28.9 Å². The molecule has 0 fully saturated rings. The number of methoxy groups -OCH3 is 1. The second-order valence-corrected chi connectivity index (χ2v) is 11.1. The van der Waals surface area contributed by atoms with Gasteiger partial charge in [0.15, 0.2) is 4.80 Å². The number of nitrogens with zero attached hydrogens (tertiary/aromatic N) is 2. The lowest BCUT2D eigenvalue weighted by atomic mass is 9.94. The van der Waals surface area contributed by atoms with Crippen LogP contribution >= 0.6 is 11.3 Å². The minimum Gasteiger partial charge on any atom is -0.497 e. The molecule has 0 saturated heterocycles. The molecular formula is C34H32N2O7S. The summed E-state index contributed by atoms with van der Waals surface area (Å²) in [6.07, 6.45) is 3.11. The number of hydrogen-bond donors (Lipinski definition) is 1. The van der Waals surface area contributed by atoms with E-state index in [1.54, 1.807) is 55.0 Å². The van der Waals surface area contributed by atoms with Crippen LogP contribution < -0.4 is 24.4 Å². The fourth-order valence-corrected chi connectivity index (χ4v) is 6.04. The third-order valence-corrected chi connectivity index (χ3v) is 8.04. The Morgan fingerprint density at radius 3 is 2.50 bits per heavy atom. The molecule has 0 amide bonds. The molecule has 0 saturated carbocycles. The summed E-state index contributed by atoms with van der Waals surface area (Å²) in [4.78, 5) is 43.8. The van der Waals surface area contributed by atoms with Crippen LogP contribution in [0.25, 0.3) is 6.08 Å². The van der Waals surface area contributed by atoms with E-state index in [1.165, 1.54) is 17.4 Å². The number of carboxylic acid groups (broad SMARTS) is 1. The van der Waals surface area contributed by atoms with Crippen molar-refractivity contribution in [3.8, 4) is 11.5 Å². The molecule has 0 unspecified atom stereocenters. The standard InChI is InChI=1S/C34H32N2O7S/c1-4-8-27-29(33(40)42-5-2)30(23-10-7-12-26(19-23)41-3)36-31(37)28(44-34(36)35-27)18-21-13-15-25(16-14-21)43-20-22-9-6-11-24(17-22)32(38)39/h6-7,9-19,30H,4-5,8,20H2,1-3H3,(H,38,39)/b28-18-/t30-/m0/s1. The number of aromatic carboxylic acids is 1. The van der Waals surface area contributed by atoms with Gasteiger partial charge in [0, 0.05) is 0 Å². The van der Waals surface area contributed by atoms with Crippen LogP contribution in [0, 0.1) is 0 Å². The van der Waals surface area contributed by atoms with E-state index in [4.69, 9.17) is 19.2 Å². The van der Waals surface area contributed by atoms with Crippen molar-refractivity contribution in [2.24, 2.45) is 4.99 Å². The number of ether oxygens (including phenoxy) is 3. The summed E-state index contributed by atoms with van der Waals surface area (Å²) >= 11 is 1.27. The van der Waals surface area contributed by atoms with E-state index in [2.05, 4.69) is 0 Å². The van der Waals surface area contributed by atoms with Gasteiger partial charge < -0.3 is 19.3 Å². The van der Waals surface area contributed by atoms with Crippen molar-refractivity contribution in [3.05, 3.63) is 126 Å². The Morgan fingerprint density at radius 1 is 1.02 bits per heavy atom. The van der Waals surface area contributed by atoms with E-state index in [9.17, 15) is 19.5 Å². The normalized spacial score (nSPS) is 14.5. The lowest BCUT2D eigenvalue weighted by molar-refractivity contribution is -0.139. The Bertz CT molecular complexity index is 1900. The van der Waals surface area contributed by atoms with Gasteiger partial charge in [0.25, 0.3) is 5.56 Å². The maximum Gasteiger partial charge on any atom is 0.338 e. The van der Waals surface area contributed by atoms with Gasteiger partial charge in [-0.1, -0.05) is 61.1 Å². The Balaban J connectivity index is 1.51. The largest absolute Gasteiger partial charge is 0.497 e. The summed E-state index contributed by atoms with van der Waals surface area (Å²) in [7, 11) is 1.57. The predicted molar refractivity (Wildman–Crippen MR) is 167 cm³/mol. The molecule has 1 aliphatic rings. The Morgan fingerprint density at radius 2 is 1.80 bits per heavy atom.